The Kier molecular flexibility index (Phi) is 2.96. The Balaban J connectivity index is 2.60. The molecule has 0 saturated carbocycles. The van der Waals surface area contributed by atoms with Gasteiger partial charge in [0, 0.05) is 11.5 Å². The highest BCUT2D eigenvalue weighted by Crippen LogP contribution is 2.23. The molecular weight excluding hydrogens is 272 g/mol. The fraction of sp³-hybridized carbons (Fsp3) is 0.273. The van der Waals surface area contributed by atoms with E-state index in [9.17, 15) is 4.79 Å². The van der Waals surface area contributed by atoms with Crippen LogP contribution >= 0.6 is 15.9 Å². The molecule has 0 aliphatic heterocycles. The molecule has 16 heavy (non-hydrogen) atoms. The highest BCUT2D eigenvalue weighted by Gasteiger charge is 2.17. The average Bonchev–Trinajstić information content (AvgIpc) is 2.59. The number of aryl methyl sites for hydroxylation is 1. The van der Waals surface area contributed by atoms with Crippen molar-refractivity contribution in [1.29, 1.82) is 0 Å². The number of aromatic nitrogens is 2. The predicted octanol–water partition coefficient (Wildman–Crippen LogP) is 2.51. The van der Waals surface area contributed by atoms with Crippen LogP contribution in [0.3, 0.4) is 0 Å². The van der Waals surface area contributed by atoms with Crippen molar-refractivity contribution in [2.75, 3.05) is 6.61 Å². The molecule has 84 valence electrons. The molecule has 0 saturated heterocycles. The molecule has 2 aromatic rings. The van der Waals surface area contributed by atoms with Gasteiger partial charge in [-0.3, -0.25) is 0 Å². The Labute approximate surface area is 101 Å². The van der Waals surface area contributed by atoms with E-state index in [4.69, 9.17) is 4.74 Å². The summed E-state index contributed by atoms with van der Waals surface area (Å²) in [5, 5.41) is 0. The summed E-state index contributed by atoms with van der Waals surface area (Å²) in [6, 6.07) is 5.71. The number of para-hydroxylation sites is 1. The molecule has 0 aliphatic rings. The van der Waals surface area contributed by atoms with Crippen molar-refractivity contribution in [2.24, 2.45) is 7.05 Å². The third kappa shape index (κ3) is 1.71. The molecule has 1 heterocycles. The zero-order valence-electron chi connectivity index (χ0n) is 9.03. The van der Waals surface area contributed by atoms with Gasteiger partial charge < -0.3 is 9.30 Å². The van der Waals surface area contributed by atoms with Gasteiger partial charge in [0.2, 0.25) is 5.82 Å². The SMILES string of the molecule is CCOC(=O)c1nc2c(Br)cccc2n1C. The van der Waals surface area contributed by atoms with E-state index < -0.39 is 5.97 Å². The number of carbonyl (C=O) groups excluding carboxylic acids is 1. The van der Waals surface area contributed by atoms with Crippen LogP contribution < -0.4 is 0 Å². The number of imidazole rings is 1. The molecule has 0 amide bonds. The molecule has 2 rings (SSSR count). The maximum Gasteiger partial charge on any atom is 0.374 e. The van der Waals surface area contributed by atoms with E-state index in [2.05, 4.69) is 20.9 Å². The van der Waals surface area contributed by atoms with Gasteiger partial charge >= 0.3 is 5.97 Å². The molecule has 0 atom stereocenters. The second-order valence-corrected chi connectivity index (χ2v) is 4.18. The van der Waals surface area contributed by atoms with Gasteiger partial charge in [0.15, 0.2) is 0 Å². The number of hydrogen-bond donors (Lipinski definition) is 0. The van der Waals surface area contributed by atoms with Gasteiger partial charge in [-0.25, -0.2) is 9.78 Å². The normalized spacial score (nSPS) is 10.7. The summed E-state index contributed by atoms with van der Waals surface area (Å²) < 4.78 is 7.55. The molecule has 0 radical (unpaired) electrons. The van der Waals surface area contributed by atoms with Gasteiger partial charge in [-0.2, -0.15) is 0 Å². The number of ether oxygens (including phenoxy) is 1. The summed E-state index contributed by atoms with van der Waals surface area (Å²) in [4.78, 5) is 15.9. The lowest BCUT2D eigenvalue weighted by Crippen LogP contribution is -2.11. The summed E-state index contributed by atoms with van der Waals surface area (Å²) >= 11 is 3.40. The summed E-state index contributed by atoms with van der Waals surface area (Å²) in [5.74, 6) is -0.0724. The van der Waals surface area contributed by atoms with E-state index in [-0.39, 0.29) is 0 Å². The summed E-state index contributed by atoms with van der Waals surface area (Å²) in [5.41, 5.74) is 1.67. The minimum Gasteiger partial charge on any atom is -0.460 e. The number of nitrogens with zero attached hydrogens (tertiary/aromatic N) is 2. The Morgan fingerprint density at radius 1 is 1.56 bits per heavy atom. The fourth-order valence-corrected chi connectivity index (χ4v) is 2.00. The zero-order valence-corrected chi connectivity index (χ0v) is 10.6. The molecule has 0 fully saturated rings. The second-order valence-electron chi connectivity index (χ2n) is 3.32. The average molecular weight is 283 g/mol. The van der Waals surface area contributed by atoms with E-state index >= 15 is 0 Å². The monoisotopic (exact) mass is 282 g/mol. The summed E-state index contributed by atoms with van der Waals surface area (Å²) in [6.07, 6.45) is 0. The lowest BCUT2D eigenvalue weighted by atomic mass is 10.3. The molecular formula is C11H11BrN2O2. The first-order valence-electron chi connectivity index (χ1n) is 4.93. The highest BCUT2D eigenvalue weighted by atomic mass is 79.9. The number of hydrogen-bond acceptors (Lipinski definition) is 3. The van der Waals surface area contributed by atoms with Crippen LogP contribution in [-0.2, 0) is 11.8 Å². The van der Waals surface area contributed by atoms with Crippen LogP contribution in [0.5, 0.6) is 0 Å². The first-order valence-corrected chi connectivity index (χ1v) is 5.72. The highest BCUT2D eigenvalue weighted by molar-refractivity contribution is 9.10. The maximum atomic E-state index is 11.6. The van der Waals surface area contributed by atoms with Crippen molar-refractivity contribution in [3.05, 3.63) is 28.5 Å². The quantitative estimate of drug-likeness (QED) is 0.795. The van der Waals surface area contributed by atoms with Crippen LogP contribution in [0.1, 0.15) is 17.5 Å². The summed E-state index contributed by atoms with van der Waals surface area (Å²) in [6.45, 7) is 2.12. The second kappa shape index (κ2) is 4.25. The van der Waals surface area contributed by atoms with E-state index in [0.717, 1.165) is 15.5 Å². The maximum absolute atomic E-state index is 11.6. The lowest BCUT2D eigenvalue weighted by molar-refractivity contribution is 0.0508. The molecule has 1 aromatic carbocycles. The van der Waals surface area contributed by atoms with Crippen LogP contribution in [0.15, 0.2) is 22.7 Å². The first kappa shape index (κ1) is 11.1. The van der Waals surface area contributed by atoms with Gasteiger partial charge in [0.1, 0.15) is 5.52 Å². The number of halogens is 1. The Morgan fingerprint density at radius 3 is 2.94 bits per heavy atom. The minimum absolute atomic E-state index is 0.323. The number of esters is 1. The van der Waals surface area contributed by atoms with Gasteiger partial charge in [-0.1, -0.05) is 6.07 Å². The summed E-state index contributed by atoms with van der Waals surface area (Å²) in [7, 11) is 1.80. The van der Waals surface area contributed by atoms with Crippen LogP contribution in [0, 0.1) is 0 Å². The van der Waals surface area contributed by atoms with Gasteiger partial charge in [-0.05, 0) is 35.0 Å². The first-order chi connectivity index (χ1) is 7.65. The third-order valence-corrected chi connectivity index (χ3v) is 2.96. The van der Waals surface area contributed by atoms with Crippen LogP contribution in [0.25, 0.3) is 11.0 Å². The molecule has 0 aliphatic carbocycles. The van der Waals surface area contributed by atoms with Gasteiger partial charge in [0.05, 0.1) is 12.1 Å². The standard InChI is InChI=1S/C11H11BrN2O2/c1-3-16-11(15)10-13-9-7(12)5-4-6-8(9)14(10)2/h4-6H,3H2,1-2H3. The lowest BCUT2D eigenvalue weighted by Gasteiger charge is -2.01. The van der Waals surface area contributed by atoms with Crippen LogP contribution in [0.2, 0.25) is 0 Å². The van der Waals surface area contributed by atoms with Crippen molar-refractivity contribution < 1.29 is 9.53 Å². The largest absolute Gasteiger partial charge is 0.460 e. The Bertz CT molecular complexity index is 548. The van der Waals surface area contributed by atoms with Crippen molar-refractivity contribution >= 4 is 32.9 Å². The third-order valence-electron chi connectivity index (χ3n) is 2.32. The fourth-order valence-electron chi connectivity index (χ4n) is 1.56. The molecule has 5 heteroatoms. The number of rotatable bonds is 2. The molecule has 4 nitrogen and oxygen atoms in total. The molecule has 1 aromatic heterocycles. The topological polar surface area (TPSA) is 44.1 Å². The van der Waals surface area contributed by atoms with Crippen LogP contribution in [0.4, 0.5) is 0 Å². The minimum atomic E-state index is -0.395. The predicted molar refractivity (Wildman–Crippen MR) is 64.4 cm³/mol. The van der Waals surface area contributed by atoms with Gasteiger partial charge in [-0.15, -0.1) is 0 Å². The Hall–Kier alpha value is -1.36. The van der Waals surface area contributed by atoms with E-state index in [1.807, 2.05) is 18.2 Å². The smallest absolute Gasteiger partial charge is 0.374 e. The Morgan fingerprint density at radius 2 is 2.31 bits per heavy atom. The molecule has 0 N–H and O–H groups in total. The van der Waals surface area contributed by atoms with Crippen molar-refractivity contribution in [3.63, 3.8) is 0 Å². The molecule has 0 bridgehead atoms. The van der Waals surface area contributed by atoms with Crippen molar-refractivity contribution in [3.8, 4) is 0 Å². The molecule has 0 unspecified atom stereocenters. The molecule has 0 spiro atoms. The van der Waals surface area contributed by atoms with E-state index in [1.165, 1.54) is 0 Å². The number of benzene rings is 1. The van der Waals surface area contributed by atoms with E-state index in [0.29, 0.717) is 12.4 Å². The number of fused-ring (bicyclic) bond motifs is 1. The van der Waals surface area contributed by atoms with Gasteiger partial charge in [0.25, 0.3) is 0 Å². The van der Waals surface area contributed by atoms with Crippen LogP contribution in [-0.4, -0.2) is 22.1 Å². The van der Waals surface area contributed by atoms with Crippen molar-refractivity contribution in [1.82, 2.24) is 9.55 Å². The van der Waals surface area contributed by atoms with Crippen molar-refractivity contribution in [2.45, 2.75) is 6.92 Å². The number of carbonyl (C=O) groups is 1. The van der Waals surface area contributed by atoms with E-state index in [1.54, 1.807) is 18.5 Å². The zero-order chi connectivity index (χ0) is 11.7.